The lowest BCUT2D eigenvalue weighted by atomic mass is 10.2. The Kier molecular flexibility index (Phi) is 7.66. The summed E-state index contributed by atoms with van der Waals surface area (Å²) in [5.74, 6) is 0.109. The zero-order valence-corrected chi connectivity index (χ0v) is 14.8. The van der Waals surface area contributed by atoms with E-state index in [0.717, 1.165) is 19.5 Å². The van der Waals surface area contributed by atoms with Crippen molar-refractivity contribution in [2.75, 3.05) is 20.1 Å². The van der Waals surface area contributed by atoms with Gasteiger partial charge in [-0.15, -0.1) is 24.8 Å². The molecule has 1 aromatic carbocycles. The van der Waals surface area contributed by atoms with Crippen molar-refractivity contribution in [3.63, 3.8) is 0 Å². The topological polar surface area (TPSA) is 58.4 Å². The van der Waals surface area contributed by atoms with Crippen LogP contribution in [-0.2, 0) is 11.2 Å². The van der Waals surface area contributed by atoms with E-state index in [1.165, 1.54) is 18.4 Å². The fourth-order valence-corrected chi connectivity index (χ4v) is 2.57. The molecule has 132 valence electrons. The van der Waals surface area contributed by atoms with Crippen molar-refractivity contribution in [1.29, 1.82) is 0 Å². The van der Waals surface area contributed by atoms with Crippen LogP contribution in [-0.4, -0.2) is 42.0 Å². The van der Waals surface area contributed by atoms with Crippen molar-refractivity contribution in [3.05, 3.63) is 42.0 Å². The van der Waals surface area contributed by atoms with Gasteiger partial charge in [-0.3, -0.25) is 4.79 Å². The largest absolute Gasteiger partial charge is 0.444 e. The van der Waals surface area contributed by atoms with Crippen LogP contribution in [0.1, 0.15) is 12.1 Å². The Morgan fingerprint density at radius 3 is 2.71 bits per heavy atom. The smallest absolute Gasteiger partial charge is 0.228 e. The van der Waals surface area contributed by atoms with Crippen molar-refractivity contribution in [3.8, 4) is 11.5 Å². The lowest BCUT2D eigenvalue weighted by molar-refractivity contribution is -0.130. The molecule has 2 aromatic rings. The lowest BCUT2D eigenvalue weighted by Gasteiger charge is -2.23. The highest BCUT2D eigenvalue weighted by molar-refractivity contribution is 5.85. The Bertz CT molecular complexity index is 658. The van der Waals surface area contributed by atoms with Gasteiger partial charge < -0.3 is 14.6 Å². The third kappa shape index (κ3) is 4.69. The fraction of sp³-hybridized carbons (Fsp3) is 0.375. The molecule has 1 amide bonds. The van der Waals surface area contributed by atoms with E-state index in [1.807, 2.05) is 7.05 Å². The zero-order valence-electron chi connectivity index (χ0n) is 13.2. The molecule has 1 N–H and O–H groups in total. The highest BCUT2D eigenvalue weighted by Crippen LogP contribution is 2.19. The van der Waals surface area contributed by atoms with Crippen molar-refractivity contribution in [2.45, 2.75) is 18.9 Å². The number of nitrogens with one attached hydrogen (secondary N) is 1. The third-order valence-corrected chi connectivity index (χ3v) is 3.95. The number of halogens is 3. The Labute approximate surface area is 152 Å². The van der Waals surface area contributed by atoms with Crippen LogP contribution >= 0.6 is 24.8 Å². The number of carbonyl (C=O) groups is 1. The van der Waals surface area contributed by atoms with Crippen LogP contribution in [0.5, 0.6) is 0 Å². The fourth-order valence-electron chi connectivity index (χ4n) is 2.57. The Morgan fingerprint density at radius 2 is 2.08 bits per heavy atom. The maximum absolute atomic E-state index is 12.9. The van der Waals surface area contributed by atoms with Crippen molar-refractivity contribution in [2.24, 2.45) is 0 Å². The molecular weight excluding hydrogens is 356 g/mol. The Balaban J connectivity index is 0.00000144. The summed E-state index contributed by atoms with van der Waals surface area (Å²) in [5.41, 5.74) is 1.27. The van der Waals surface area contributed by atoms with Gasteiger partial charge >= 0.3 is 0 Å². The summed E-state index contributed by atoms with van der Waals surface area (Å²) in [7, 11) is 1.82. The van der Waals surface area contributed by atoms with Crippen LogP contribution in [0, 0.1) is 5.82 Å². The summed E-state index contributed by atoms with van der Waals surface area (Å²) in [6.07, 6.45) is 2.66. The number of aromatic nitrogens is 1. The molecule has 1 saturated heterocycles. The maximum atomic E-state index is 12.9. The third-order valence-electron chi connectivity index (χ3n) is 3.95. The molecule has 24 heavy (non-hydrogen) atoms. The van der Waals surface area contributed by atoms with Crippen LogP contribution in [0.3, 0.4) is 0 Å². The molecule has 1 atom stereocenters. The number of hydrogen-bond acceptors (Lipinski definition) is 4. The number of benzene rings is 1. The van der Waals surface area contributed by atoms with Gasteiger partial charge in [-0.2, -0.15) is 0 Å². The number of rotatable bonds is 4. The van der Waals surface area contributed by atoms with Crippen LogP contribution in [0.2, 0.25) is 0 Å². The number of likely N-dealkylation sites (N-methyl/N-ethyl adjacent to an activating group) is 1. The molecule has 0 spiro atoms. The van der Waals surface area contributed by atoms with Gasteiger partial charge in [-0.1, -0.05) is 0 Å². The molecule has 5 nitrogen and oxygen atoms in total. The molecule has 8 heteroatoms. The molecule has 1 unspecified atom stereocenters. The van der Waals surface area contributed by atoms with Crippen LogP contribution in [0.4, 0.5) is 4.39 Å². The van der Waals surface area contributed by atoms with Crippen molar-refractivity contribution in [1.82, 2.24) is 15.2 Å². The van der Waals surface area contributed by atoms with Crippen molar-refractivity contribution >= 4 is 30.7 Å². The van der Waals surface area contributed by atoms with Gasteiger partial charge in [-0.05, 0) is 37.2 Å². The van der Waals surface area contributed by atoms with Crippen LogP contribution < -0.4 is 5.32 Å². The van der Waals surface area contributed by atoms with E-state index < -0.39 is 0 Å². The normalized spacial score (nSPS) is 16.2. The molecule has 1 aliphatic heterocycles. The first-order chi connectivity index (χ1) is 10.6. The highest BCUT2D eigenvalue weighted by atomic mass is 35.5. The quantitative estimate of drug-likeness (QED) is 0.892. The van der Waals surface area contributed by atoms with E-state index in [2.05, 4.69) is 10.3 Å². The van der Waals surface area contributed by atoms with Crippen LogP contribution in [0.25, 0.3) is 11.5 Å². The van der Waals surface area contributed by atoms with Gasteiger partial charge in [0.25, 0.3) is 0 Å². The molecule has 1 aliphatic rings. The summed E-state index contributed by atoms with van der Waals surface area (Å²) in [4.78, 5) is 18.3. The predicted octanol–water partition coefficient (Wildman–Crippen LogP) is 2.69. The monoisotopic (exact) mass is 375 g/mol. The Morgan fingerprint density at radius 1 is 1.38 bits per heavy atom. The minimum Gasteiger partial charge on any atom is -0.444 e. The minimum atomic E-state index is -0.308. The second-order valence-electron chi connectivity index (χ2n) is 5.48. The second kappa shape index (κ2) is 9.01. The van der Waals surface area contributed by atoms with E-state index in [1.54, 1.807) is 17.0 Å². The summed E-state index contributed by atoms with van der Waals surface area (Å²) in [6.45, 7) is 1.78. The zero-order chi connectivity index (χ0) is 15.5. The summed E-state index contributed by atoms with van der Waals surface area (Å²) < 4.78 is 18.3. The van der Waals surface area contributed by atoms with Gasteiger partial charge in [0.15, 0.2) is 0 Å². The summed E-state index contributed by atoms with van der Waals surface area (Å²) >= 11 is 0. The standard InChI is InChI=1S/C16H18FN3O2.2ClH/c1-20(14-6-7-18-9-14)15(21)8-13-10-22-16(19-13)11-2-4-12(17)5-3-11;;/h2-5,10,14,18H,6-9H2,1H3;2*1H. The number of oxazole rings is 1. The van der Waals surface area contributed by atoms with E-state index in [9.17, 15) is 9.18 Å². The lowest BCUT2D eigenvalue weighted by Crippen LogP contribution is -2.39. The number of nitrogens with zero attached hydrogens (tertiary/aromatic N) is 2. The van der Waals surface area contributed by atoms with E-state index in [4.69, 9.17) is 4.42 Å². The molecule has 0 radical (unpaired) electrons. The van der Waals surface area contributed by atoms with Crippen LogP contribution in [0.15, 0.2) is 34.9 Å². The number of hydrogen-bond donors (Lipinski definition) is 1. The van der Waals surface area contributed by atoms with Gasteiger partial charge in [0, 0.05) is 25.2 Å². The molecule has 1 fully saturated rings. The maximum Gasteiger partial charge on any atom is 0.228 e. The Hall–Kier alpha value is -1.63. The van der Waals surface area contributed by atoms with Gasteiger partial charge in [-0.25, -0.2) is 9.37 Å². The van der Waals surface area contributed by atoms with Gasteiger partial charge in [0.1, 0.15) is 12.1 Å². The molecular formula is C16H20Cl2FN3O2. The minimum absolute atomic E-state index is 0. The molecule has 0 aliphatic carbocycles. The number of amides is 1. The molecule has 2 heterocycles. The first-order valence-electron chi connectivity index (χ1n) is 7.30. The molecule has 0 bridgehead atoms. The second-order valence-corrected chi connectivity index (χ2v) is 5.48. The first-order valence-corrected chi connectivity index (χ1v) is 7.30. The summed E-state index contributed by atoms with van der Waals surface area (Å²) in [5, 5.41) is 3.24. The number of carbonyl (C=O) groups excluding carboxylic acids is 1. The summed E-state index contributed by atoms with van der Waals surface area (Å²) in [6, 6.07) is 6.15. The van der Waals surface area contributed by atoms with E-state index >= 15 is 0 Å². The molecule has 3 rings (SSSR count). The average molecular weight is 376 g/mol. The SMILES string of the molecule is CN(C(=O)Cc1coc(-c2ccc(F)cc2)n1)C1CCNC1.Cl.Cl. The highest BCUT2D eigenvalue weighted by Gasteiger charge is 2.23. The van der Waals surface area contributed by atoms with Crippen molar-refractivity contribution < 1.29 is 13.6 Å². The predicted molar refractivity (Wildman–Crippen MR) is 94.1 cm³/mol. The average Bonchev–Trinajstić information content (AvgIpc) is 3.18. The molecule has 1 aromatic heterocycles. The first kappa shape index (κ1) is 20.4. The van der Waals surface area contributed by atoms with E-state index in [-0.39, 0.29) is 49.0 Å². The molecule has 0 saturated carbocycles. The van der Waals surface area contributed by atoms with Gasteiger partial charge in [0.05, 0.1) is 12.1 Å². The van der Waals surface area contributed by atoms with E-state index in [0.29, 0.717) is 17.1 Å². The van der Waals surface area contributed by atoms with Gasteiger partial charge in [0.2, 0.25) is 11.8 Å².